The first-order valence-electron chi connectivity index (χ1n) is 9.24. The number of Topliss-reactive ketones (excluding diaryl/α,β-unsaturated/α-hetero) is 1. The van der Waals surface area contributed by atoms with E-state index in [2.05, 4.69) is 15.9 Å². The van der Waals surface area contributed by atoms with E-state index in [1.165, 1.54) is 29.2 Å². The number of halogens is 2. The van der Waals surface area contributed by atoms with Gasteiger partial charge in [-0.3, -0.25) is 9.59 Å². The Kier molecular flexibility index (Phi) is 6.49. The van der Waals surface area contributed by atoms with Crippen LogP contribution in [0.5, 0.6) is 0 Å². The van der Waals surface area contributed by atoms with Crippen molar-refractivity contribution >= 4 is 33.4 Å². The van der Waals surface area contributed by atoms with Crippen molar-refractivity contribution in [3.8, 4) is 0 Å². The van der Waals surface area contributed by atoms with Crippen molar-refractivity contribution in [3.05, 3.63) is 75.5 Å². The topological polar surface area (TPSA) is 60.9 Å². The van der Waals surface area contributed by atoms with Crippen molar-refractivity contribution in [1.29, 1.82) is 0 Å². The predicted molar refractivity (Wildman–Crippen MR) is 113 cm³/mol. The van der Waals surface area contributed by atoms with E-state index in [9.17, 15) is 19.1 Å². The Balaban J connectivity index is 2.09. The molecule has 1 saturated heterocycles. The van der Waals surface area contributed by atoms with Crippen LogP contribution in [0, 0.1) is 5.82 Å². The van der Waals surface area contributed by atoms with Crippen LogP contribution in [0.4, 0.5) is 4.39 Å². The number of benzene rings is 2. The number of hydrogen-bond acceptors (Lipinski definition) is 4. The van der Waals surface area contributed by atoms with Crippen molar-refractivity contribution in [2.75, 3.05) is 27.2 Å². The maximum absolute atomic E-state index is 13.3. The van der Waals surface area contributed by atoms with E-state index in [-0.39, 0.29) is 16.9 Å². The van der Waals surface area contributed by atoms with E-state index in [0.717, 1.165) is 11.0 Å². The summed E-state index contributed by atoms with van der Waals surface area (Å²) in [7, 11) is 3.88. The lowest BCUT2D eigenvalue weighted by Gasteiger charge is -2.26. The van der Waals surface area contributed by atoms with E-state index in [1.54, 1.807) is 0 Å². The van der Waals surface area contributed by atoms with E-state index in [0.29, 0.717) is 18.5 Å². The summed E-state index contributed by atoms with van der Waals surface area (Å²) in [5.41, 5.74) is 1.02. The van der Waals surface area contributed by atoms with Gasteiger partial charge in [-0.15, -0.1) is 0 Å². The van der Waals surface area contributed by atoms with Gasteiger partial charge in [0.05, 0.1) is 11.6 Å². The van der Waals surface area contributed by atoms with Crippen molar-refractivity contribution in [2.24, 2.45) is 0 Å². The Hall–Kier alpha value is -2.51. The van der Waals surface area contributed by atoms with Crippen molar-refractivity contribution in [2.45, 2.75) is 12.5 Å². The molecular weight excluding hydrogens is 439 g/mol. The number of carbonyl (C=O) groups excluding carboxylic acids is 2. The molecule has 2 aromatic carbocycles. The van der Waals surface area contributed by atoms with Gasteiger partial charge in [0.2, 0.25) is 0 Å². The summed E-state index contributed by atoms with van der Waals surface area (Å²) >= 11 is 3.43. The first kappa shape index (κ1) is 21.2. The first-order chi connectivity index (χ1) is 13.8. The molecule has 0 bridgehead atoms. The molecule has 29 heavy (non-hydrogen) atoms. The molecule has 5 nitrogen and oxygen atoms in total. The van der Waals surface area contributed by atoms with Gasteiger partial charge in [0.1, 0.15) is 11.6 Å². The van der Waals surface area contributed by atoms with Gasteiger partial charge in [-0.2, -0.15) is 0 Å². The molecule has 1 heterocycles. The largest absolute Gasteiger partial charge is 0.507 e. The minimum Gasteiger partial charge on any atom is -0.507 e. The second kappa shape index (κ2) is 8.88. The quantitative estimate of drug-likeness (QED) is 0.402. The maximum Gasteiger partial charge on any atom is 0.295 e. The molecule has 1 aliphatic heterocycles. The summed E-state index contributed by atoms with van der Waals surface area (Å²) in [6, 6.07) is 11.8. The molecule has 2 aromatic rings. The van der Waals surface area contributed by atoms with Crippen molar-refractivity contribution < 1.29 is 19.1 Å². The average Bonchev–Trinajstić information content (AvgIpc) is 2.93. The average molecular weight is 461 g/mol. The zero-order valence-electron chi connectivity index (χ0n) is 16.2. The number of ketones is 1. The third-order valence-electron chi connectivity index (χ3n) is 4.83. The van der Waals surface area contributed by atoms with Gasteiger partial charge in [0.25, 0.3) is 11.7 Å². The molecule has 0 unspecified atom stereocenters. The Morgan fingerprint density at radius 1 is 1.17 bits per heavy atom. The molecule has 0 radical (unpaired) electrons. The van der Waals surface area contributed by atoms with Crippen LogP contribution in [0.2, 0.25) is 0 Å². The van der Waals surface area contributed by atoms with Crippen LogP contribution < -0.4 is 0 Å². The van der Waals surface area contributed by atoms with E-state index in [4.69, 9.17) is 0 Å². The first-order valence-corrected chi connectivity index (χ1v) is 10.0. The van der Waals surface area contributed by atoms with Crippen LogP contribution in [-0.4, -0.2) is 53.8 Å². The minimum absolute atomic E-state index is 0.0181. The van der Waals surface area contributed by atoms with E-state index in [1.807, 2.05) is 43.3 Å². The molecular formula is C22H22BrFN2O3. The molecule has 1 amide bonds. The van der Waals surface area contributed by atoms with Crippen LogP contribution >= 0.6 is 15.9 Å². The van der Waals surface area contributed by atoms with Crippen LogP contribution in [0.3, 0.4) is 0 Å². The number of amides is 1. The molecule has 1 N–H and O–H groups in total. The summed E-state index contributed by atoms with van der Waals surface area (Å²) in [6.07, 6.45) is 0.682. The van der Waals surface area contributed by atoms with Gasteiger partial charge in [-0.25, -0.2) is 4.39 Å². The molecule has 1 atom stereocenters. The number of carbonyl (C=O) groups is 2. The van der Waals surface area contributed by atoms with Crippen molar-refractivity contribution in [3.63, 3.8) is 0 Å². The monoisotopic (exact) mass is 460 g/mol. The molecule has 1 fully saturated rings. The summed E-state index contributed by atoms with van der Waals surface area (Å²) < 4.78 is 14.1. The van der Waals surface area contributed by atoms with Crippen molar-refractivity contribution in [1.82, 2.24) is 9.80 Å². The molecule has 0 saturated carbocycles. The lowest BCUT2D eigenvalue weighted by Crippen LogP contribution is -2.32. The molecule has 152 valence electrons. The summed E-state index contributed by atoms with van der Waals surface area (Å²) in [5.74, 6) is -2.13. The number of aliphatic hydroxyl groups is 1. The highest BCUT2D eigenvalue weighted by Gasteiger charge is 2.45. The SMILES string of the molecule is CN(C)CCCN1C(=O)C(=O)C(=C(O)c2ccc(F)cc2)[C@@H]1c1cccc(Br)c1. The second-order valence-electron chi connectivity index (χ2n) is 7.21. The Bertz CT molecular complexity index is 957. The fourth-order valence-electron chi connectivity index (χ4n) is 3.45. The van der Waals surface area contributed by atoms with Crippen LogP contribution in [0.1, 0.15) is 23.6 Å². The van der Waals surface area contributed by atoms with Gasteiger partial charge in [0.15, 0.2) is 0 Å². The third-order valence-corrected chi connectivity index (χ3v) is 5.32. The van der Waals surface area contributed by atoms with Crippen LogP contribution in [-0.2, 0) is 9.59 Å². The predicted octanol–water partition coefficient (Wildman–Crippen LogP) is 3.96. The molecule has 3 rings (SSSR count). The van der Waals surface area contributed by atoms with Gasteiger partial charge in [-0.1, -0.05) is 28.1 Å². The highest BCUT2D eigenvalue weighted by atomic mass is 79.9. The maximum atomic E-state index is 13.3. The fourth-order valence-corrected chi connectivity index (χ4v) is 3.87. The Morgan fingerprint density at radius 2 is 1.86 bits per heavy atom. The lowest BCUT2D eigenvalue weighted by molar-refractivity contribution is -0.139. The zero-order valence-corrected chi connectivity index (χ0v) is 17.8. The Morgan fingerprint density at radius 3 is 2.48 bits per heavy atom. The highest BCUT2D eigenvalue weighted by Crippen LogP contribution is 2.40. The Labute approximate surface area is 177 Å². The fraction of sp³-hybridized carbons (Fsp3) is 0.273. The normalized spacial score (nSPS) is 18.7. The molecule has 1 aliphatic rings. The standard InChI is InChI=1S/C22H22BrFN2O3/c1-25(2)11-4-12-26-19(15-5-3-6-16(23)13-15)18(21(28)22(26)29)20(27)14-7-9-17(24)10-8-14/h3,5-10,13,19,27H,4,11-12H2,1-2H3/t19-/m0/s1. The van der Waals surface area contributed by atoms with Gasteiger partial charge in [-0.05, 0) is 69.0 Å². The molecule has 0 aliphatic carbocycles. The highest BCUT2D eigenvalue weighted by molar-refractivity contribution is 9.10. The number of hydrogen-bond donors (Lipinski definition) is 1. The zero-order chi connectivity index (χ0) is 21.1. The van der Waals surface area contributed by atoms with Crippen LogP contribution in [0.15, 0.2) is 58.6 Å². The number of rotatable bonds is 6. The lowest BCUT2D eigenvalue weighted by atomic mass is 9.95. The smallest absolute Gasteiger partial charge is 0.295 e. The third kappa shape index (κ3) is 4.57. The van der Waals surface area contributed by atoms with Crippen LogP contribution in [0.25, 0.3) is 5.76 Å². The number of nitrogens with zero attached hydrogens (tertiary/aromatic N) is 2. The molecule has 0 aromatic heterocycles. The van der Waals surface area contributed by atoms with E-state index < -0.39 is 23.5 Å². The van der Waals surface area contributed by atoms with E-state index >= 15 is 0 Å². The number of aliphatic hydroxyl groups excluding tert-OH is 1. The molecule has 0 spiro atoms. The molecule has 7 heteroatoms. The second-order valence-corrected chi connectivity index (χ2v) is 8.13. The summed E-state index contributed by atoms with van der Waals surface area (Å²) in [5, 5.41) is 10.9. The summed E-state index contributed by atoms with van der Waals surface area (Å²) in [6.45, 7) is 1.13. The number of likely N-dealkylation sites (tertiary alicyclic amines) is 1. The van der Waals surface area contributed by atoms with Gasteiger partial charge >= 0.3 is 0 Å². The minimum atomic E-state index is -0.735. The van der Waals surface area contributed by atoms with Gasteiger partial charge in [0, 0.05) is 16.6 Å². The summed E-state index contributed by atoms with van der Waals surface area (Å²) in [4.78, 5) is 29.2. The van der Waals surface area contributed by atoms with Gasteiger partial charge < -0.3 is 14.9 Å².